The second kappa shape index (κ2) is 4.95. The van der Waals surface area contributed by atoms with E-state index in [0.717, 1.165) is 0 Å². The molecule has 0 unspecified atom stereocenters. The van der Waals surface area contributed by atoms with E-state index in [2.05, 4.69) is 15.5 Å². The fraction of sp³-hybridized carbons (Fsp3) is 0.250. The fourth-order valence-corrected chi connectivity index (χ4v) is 1.54. The van der Waals surface area contributed by atoms with Crippen molar-refractivity contribution < 1.29 is 9.18 Å². The molecule has 1 aromatic heterocycles. The van der Waals surface area contributed by atoms with E-state index in [1.807, 2.05) is 0 Å². The van der Waals surface area contributed by atoms with Gasteiger partial charge in [0.15, 0.2) is 5.82 Å². The third kappa shape index (κ3) is 2.37. The molecule has 0 atom stereocenters. The lowest BCUT2D eigenvalue weighted by atomic mass is 10.1. The van der Waals surface area contributed by atoms with Crippen LogP contribution in [0.3, 0.4) is 0 Å². The smallest absolute Gasteiger partial charge is 0.254 e. The van der Waals surface area contributed by atoms with Crippen molar-refractivity contribution in [3.63, 3.8) is 0 Å². The Hall–Kier alpha value is -2.24. The average Bonchev–Trinajstić information content (AvgIpc) is 2.75. The van der Waals surface area contributed by atoms with Crippen molar-refractivity contribution >= 4 is 5.91 Å². The van der Waals surface area contributed by atoms with Gasteiger partial charge in [0.1, 0.15) is 12.1 Å². The molecule has 0 aliphatic carbocycles. The maximum absolute atomic E-state index is 13.7. The first kappa shape index (κ1) is 12.2. The number of benzene rings is 1. The van der Waals surface area contributed by atoms with Crippen LogP contribution < -0.4 is 5.32 Å². The van der Waals surface area contributed by atoms with Crippen LogP contribution in [0.25, 0.3) is 0 Å². The Balaban J connectivity index is 2.09. The molecule has 0 spiro atoms. The van der Waals surface area contributed by atoms with Crippen molar-refractivity contribution in [1.29, 1.82) is 0 Å². The molecule has 1 N–H and O–H groups in total. The maximum Gasteiger partial charge on any atom is 0.254 e. The molecular weight excluding hydrogens is 235 g/mol. The molecule has 0 radical (unpaired) electrons. The quantitative estimate of drug-likeness (QED) is 0.887. The Bertz CT molecular complexity index is 579. The minimum atomic E-state index is -0.493. The Kier molecular flexibility index (Phi) is 3.36. The number of aryl methyl sites for hydroxylation is 2. The molecule has 0 saturated heterocycles. The standard InChI is InChI=1S/C12H13FN4O/c1-8-4-3-5-9(11(8)13)12(18)14-6-10-16-15-7-17(10)2/h3-5,7H,6H2,1-2H3,(H,14,18). The van der Waals surface area contributed by atoms with E-state index in [9.17, 15) is 9.18 Å². The Morgan fingerprint density at radius 3 is 2.94 bits per heavy atom. The van der Waals surface area contributed by atoms with E-state index in [0.29, 0.717) is 11.4 Å². The van der Waals surface area contributed by atoms with Gasteiger partial charge in [-0.2, -0.15) is 0 Å². The van der Waals surface area contributed by atoms with Gasteiger partial charge in [0.2, 0.25) is 0 Å². The Morgan fingerprint density at radius 2 is 2.28 bits per heavy atom. The SMILES string of the molecule is Cc1cccc(C(=O)NCc2nncn2C)c1F. The van der Waals surface area contributed by atoms with Crippen LogP contribution >= 0.6 is 0 Å². The van der Waals surface area contributed by atoms with Crippen LogP contribution in [0.5, 0.6) is 0 Å². The van der Waals surface area contributed by atoms with Crippen molar-refractivity contribution in [3.05, 3.63) is 47.3 Å². The van der Waals surface area contributed by atoms with Crippen LogP contribution in [0.2, 0.25) is 0 Å². The first-order chi connectivity index (χ1) is 8.59. The summed E-state index contributed by atoms with van der Waals surface area (Å²) in [6.45, 7) is 1.83. The zero-order valence-electron chi connectivity index (χ0n) is 10.1. The lowest BCUT2D eigenvalue weighted by molar-refractivity contribution is 0.0945. The first-order valence-corrected chi connectivity index (χ1v) is 5.46. The van der Waals surface area contributed by atoms with Gasteiger partial charge in [-0.1, -0.05) is 12.1 Å². The third-order valence-electron chi connectivity index (χ3n) is 2.65. The molecule has 18 heavy (non-hydrogen) atoms. The van der Waals surface area contributed by atoms with Gasteiger partial charge in [-0.3, -0.25) is 4.79 Å². The molecule has 0 aliphatic rings. The number of carbonyl (C=O) groups excluding carboxylic acids is 1. The van der Waals surface area contributed by atoms with E-state index in [4.69, 9.17) is 0 Å². The number of amides is 1. The molecule has 2 rings (SSSR count). The molecule has 0 saturated carbocycles. The molecule has 0 fully saturated rings. The summed E-state index contributed by atoms with van der Waals surface area (Å²) >= 11 is 0. The van der Waals surface area contributed by atoms with Gasteiger partial charge in [0, 0.05) is 7.05 Å². The second-order valence-electron chi connectivity index (χ2n) is 3.98. The lowest BCUT2D eigenvalue weighted by Gasteiger charge is -2.06. The largest absolute Gasteiger partial charge is 0.345 e. The number of aromatic nitrogens is 3. The number of hydrogen-bond acceptors (Lipinski definition) is 3. The summed E-state index contributed by atoms with van der Waals surface area (Å²) in [5.41, 5.74) is 0.485. The zero-order chi connectivity index (χ0) is 13.1. The minimum absolute atomic E-state index is 0.0390. The zero-order valence-corrected chi connectivity index (χ0v) is 10.1. The molecule has 6 heteroatoms. The van der Waals surface area contributed by atoms with Gasteiger partial charge in [-0.15, -0.1) is 10.2 Å². The highest BCUT2D eigenvalue weighted by atomic mass is 19.1. The van der Waals surface area contributed by atoms with Crippen LogP contribution in [-0.2, 0) is 13.6 Å². The van der Waals surface area contributed by atoms with Crippen molar-refractivity contribution in [2.45, 2.75) is 13.5 Å². The molecule has 5 nitrogen and oxygen atoms in total. The maximum atomic E-state index is 13.7. The molecule has 1 amide bonds. The Morgan fingerprint density at radius 1 is 1.50 bits per heavy atom. The summed E-state index contributed by atoms with van der Waals surface area (Å²) in [6.07, 6.45) is 1.54. The van der Waals surface area contributed by atoms with Crippen LogP contribution in [0.15, 0.2) is 24.5 Å². The number of nitrogens with one attached hydrogen (secondary N) is 1. The lowest BCUT2D eigenvalue weighted by Crippen LogP contribution is -2.25. The van der Waals surface area contributed by atoms with Gasteiger partial charge in [-0.05, 0) is 18.6 Å². The molecule has 0 aliphatic heterocycles. The van der Waals surface area contributed by atoms with Gasteiger partial charge >= 0.3 is 0 Å². The number of hydrogen-bond donors (Lipinski definition) is 1. The highest BCUT2D eigenvalue weighted by molar-refractivity contribution is 5.94. The summed E-state index contributed by atoms with van der Waals surface area (Å²) in [4.78, 5) is 11.8. The van der Waals surface area contributed by atoms with Crippen LogP contribution in [0.1, 0.15) is 21.7 Å². The number of halogens is 1. The third-order valence-corrected chi connectivity index (χ3v) is 2.65. The summed E-state index contributed by atoms with van der Waals surface area (Å²) in [5.74, 6) is -0.344. The van der Waals surface area contributed by atoms with E-state index in [1.54, 1.807) is 30.7 Å². The monoisotopic (exact) mass is 248 g/mol. The highest BCUT2D eigenvalue weighted by Gasteiger charge is 2.13. The normalized spacial score (nSPS) is 10.4. The molecule has 2 aromatic rings. The predicted molar refractivity (Wildman–Crippen MR) is 63.3 cm³/mol. The minimum Gasteiger partial charge on any atom is -0.345 e. The van der Waals surface area contributed by atoms with Gasteiger partial charge in [0.05, 0.1) is 12.1 Å². The summed E-state index contributed by atoms with van der Waals surface area (Å²) in [6, 6.07) is 4.72. The molecular formula is C12H13FN4O. The highest BCUT2D eigenvalue weighted by Crippen LogP contribution is 2.11. The van der Waals surface area contributed by atoms with Gasteiger partial charge in [0.25, 0.3) is 5.91 Å². The number of nitrogens with zero attached hydrogens (tertiary/aromatic N) is 3. The van der Waals surface area contributed by atoms with Crippen LogP contribution in [0.4, 0.5) is 4.39 Å². The van der Waals surface area contributed by atoms with Crippen molar-refractivity contribution in [3.8, 4) is 0 Å². The van der Waals surface area contributed by atoms with Gasteiger partial charge in [-0.25, -0.2) is 4.39 Å². The van der Waals surface area contributed by atoms with E-state index < -0.39 is 11.7 Å². The summed E-state index contributed by atoms with van der Waals surface area (Å²) < 4.78 is 15.4. The molecule has 0 bridgehead atoms. The first-order valence-electron chi connectivity index (χ1n) is 5.46. The van der Waals surface area contributed by atoms with Crippen LogP contribution in [-0.4, -0.2) is 20.7 Å². The summed E-state index contributed by atoms with van der Waals surface area (Å²) in [7, 11) is 1.77. The predicted octanol–water partition coefficient (Wildman–Crippen LogP) is 1.19. The van der Waals surface area contributed by atoms with E-state index in [1.165, 1.54) is 12.4 Å². The fourth-order valence-electron chi connectivity index (χ4n) is 1.54. The average molecular weight is 248 g/mol. The van der Waals surface area contributed by atoms with Gasteiger partial charge < -0.3 is 9.88 Å². The molecule has 1 aromatic carbocycles. The second-order valence-corrected chi connectivity index (χ2v) is 3.98. The van der Waals surface area contributed by atoms with Crippen molar-refractivity contribution in [1.82, 2.24) is 20.1 Å². The van der Waals surface area contributed by atoms with Crippen molar-refractivity contribution in [2.24, 2.45) is 7.05 Å². The van der Waals surface area contributed by atoms with E-state index in [-0.39, 0.29) is 12.1 Å². The van der Waals surface area contributed by atoms with Crippen molar-refractivity contribution in [2.75, 3.05) is 0 Å². The van der Waals surface area contributed by atoms with Crippen LogP contribution in [0, 0.1) is 12.7 Å². The number of carbonyl (C=O) groups is 1. The summed E-state index contributed by atoms with van der Waals surface area (Å²) in [5, 5.41) is 10.1. The molecule has 94 valence electrons. The number of rotatable bonds is 3. The Labute approximate surface area is 104 Å². The topological polar surface area (TPSA) is 59.8 Å². The molecule has 1 heterocycles. The van der Waals surface area contributed by atoms with E-state index >= 15 is 0 Å².